The number of hydrogen-bond donors (Lipinski definition) is 1. The Morgan fingerprint density at radius 2 is 1.67 bits per heavy atom. The number of hydrogen-bond acceptors (Lipinski definition) is 5. The second kappa shape index (κ2) is 9.28. The molecule has 5 rings (SSSR count). The number of ether oxygens (including phenoxy) is 2. The smallest absolute Gasteiger partial charge is 0.335 e. The quantitative estimate of drug-likeness (QED) is 0.328. The first-order valence-electron chi connectivity index (χ1n) is 11.1. The Kier molecular flexibility index (Phi) is 5.85. The molecule has 0 radical (unpaired) electrons. The molecule has 0 bridgehead atoms. The van der Waals surface area contributed by atoms with E-state index in [1.807, 2.05) is 59.0 Å². The minimum atomic E-state index is -0.979. The lowest BCUT2D eigenvalue weighted by Crippen LogP contribution is -1.99. The zero-order valence-electron chi connectivity index (χ0n) is 19.6. The van der Waals surface area contributed by atoms with E-state index in [0.717, 1.165) is 27.9 Å². The standard InChI is InChI=1S/C29H21N3O4/c1-35-22-13-21(14-23(16-22)36-2)27-15-20(12-9-18-7-10-19(11-8-18)29(33)34)24(17-30)28-31-25-5-3-4-6-26(25)32(27)28/h3-16H,1-2H3,(H,33,34). The van der Waals surface area contributed by atoms with Crippen molar-refractivity contribution in [3.8, 4) is 28.8 Å². The molecule has 0 aliphatic carbocycles. The van der Waals surface area contributed by atoms with E-state index >= 15 is 0 Å². The number of para-hydroxylation sites is 2. The van der Waals surface area contributed by atoms with Crippen LogP contribution < -0.4 is 9.47 Å². The minimum absolute atomic E-state index is 0.213. The summed E-state index contributed by atoms with van der Waals surface area (Å²) < 4.78 is 13.0. The van der Waals surface area contributed by atoms with Gasteiger partial charge in [0.1, 0.15) is 23.1 Å². The monoisotopic (exact) mass is 475 g/mol. The molecule has 36 heavy (non-hydrogen) atoms. The summed E-state index contributed by atoms with van der Waals surface area (Å²) >= 11 is 0. The van der Waals surface area contributed by atoms with Gasteiger partial charge in [0.25, 0.3) is 0 Å². The largest absolute Gasteiger partial charge is 0.497 e. The van der Waals surface area contributed by atoms with E-state index in [1.54, 1.807) is 44.6 Å². The molecule has 2 heterocycles. The van der Waals surface area contributed by atoms with Crippen LogP contribution in [0.2, 0.25) is 0 Å². The van der Waals surface area contributed by atoms with Crippen LogP contribution in [-0.2, 0) is 0 Å². The number of pyridine rings is 1. The van der Waals surface area contributed by atoms with Gasteiger partial charge in [0.05, 0.1) is 36.5 Å². The molecular formula is C29H21N3O4. The number of carboxylic acids is 1. The van der Waals surface area contributed by atoms with E-state index in [4.69, 9.17) is 19.6 Å². The van der Waals surface area contributed by atoms with Gasteiger partial charge in [-0.1, -0.05) is 36.4 Å². The van der Waals surface area contributed by atoms with Gasteiger partial charge >= 0.3 is 5.97 Å². The number of fused-ring (bicyclic) bond motifs is 3. The van der Waals surface area contributed by atoms with Crippen LogP contribution in [-0.4, -0.2) is 34.7 Å². The maximum absolute atomic E-state index is 11.2. The van der Waals surface area contributed by atoms with Crippen molar-refractivity contribution in [2.75, 3.05) is 14.2 Å². The number of methoxy groups -OCH3 is 2. The van der Waals surface area contributed by atoms with Crippen molar-refractivity contribution >= 4 is 34.8 Å². The van der Waals surface area contributed by atoms with Crippen LogP contribution in [0.5, 0.6) is 11.5 Å². The Balaban J connectivity index is 1.76. The van der Waals surface area contributed by atoms with Crippen LogP contribution in [0.1, 0.15) is 27.0 Å². The van der Waals surface area contributed by atoms with Gasteiger partial charge in [-0.25, -0.2) is 9.78 Å². The second-order valence-electron chi connectivity index (χ2n) is 8.09. The maximum atomic E-state index is 11.2. The first kappa shape index (κ1) is 22.7. The van der Waals surface area contributed by atoms with Gasteiger partial charge in [0, 0.05) is 11.6 Å². The fourth-order valence-corrected chi connectivity index (χ4v) is 4.19. The van der Waals surface area contributed by atoms with Crippen molar-refractivity contribution in [3.63, 3.8) is 0 Å². The third kappa shape index (κ3) is 4.01. The lowest BCUT2D eigenvalue weighted by atomic mass is 10.0. The van der Waals surface area contributed by atoms with Crippen LogP contribution in [0.25, 0.3) is 40.1 Å². The minimum Gasteiger partial charge on any atom is -0.497 e. The molecule has 0 unspecified atom stereocenters. The van der Waals surface area contributed by atoms with E-state index in [-0.39, 0.29) is 5.56 Å². The van der Waals surface area contributed by atoms with Crippen LogP contribution in [0, 0.1) is 11.3 Å². The van der Waals surface area contributed by atoms with E-state index in [2.05, 4.69) is 6.07 Å². The molecule has 2 aromatic heterocycles. The van der Waals surface area contributed by atoms with Crippen molar-refractivity contribution in [1.82, 2.24) is 9.38 Å². The molecule has 0 aliphatic heterocycles. The molecule has 0 spiro atoms. The summed E-state index contributed by atoms with van der Waals surface area (Å²) in [5.41, 5.74) is 5.98. The van der Waals surface area contributed by atoms with Crippen LogP contribution in [0.15, 0.2) is 72.8 Å². The summed E-state index contributed by atoms with van der Waals surface area (Å²) in [6.07, 6.45) is 3.69. The summed E-state index contributed by atoms with van der Waals surface area (Å²) in [4.78, 5) is 15.9. The Bertz CT molecular complexity index is 1670. The first-order chi connectivity index (χ1) is 17.5. The van der Waals surface area contributed by atoms with Crippen molar-refractivity contribution in [2.45, 2.75) is 0 Å². The van der Waals surface area contributed by atoms with E-state index in [9.17, 15) is 10.1 Å². The number of nitriles is 1. The van der Waals surface area contributed by atoms with E-state index in [0.29, 0.717) is 28.3 Å². The molecule has 3 aromatic carbocycles. The first-order valence-corrected chi connectivity index (χ1v) is 11.1. The van der Waals surface area contributed by atoms with Crippen LogP contribution >= 0.6 is 0 Å². The lowest BCUT2D eigenvalue weighted by molar-refractivity contribution is 0.0697. The highest BCUT2D eigenvalue weighted by Gasteiger charge is 2.18. The van der Waals surface area contributed by atoms with Crippen molar-refractivity contribution in [2.24, 2.45) is 0 Å². The highest BCUT2D eigenvalue weighted by Crippen LogP contribution is 2.34. The average Bonchev–Trinajstić information content (AvgIpc) is 3.30. The van der Waals surface area contributed by atoms with Gasteiger partial charge in [-0.2, -0.15) is 5.26 Å². The van der Waals surface area contributed by atoms with Gasteiger partial charge in [-0.05, 0) is 53.6 Å². The number of aromatic carboxylic acids is 1. The number of rotatable bonds is 6. The fourth-order valence-electron chi connectivity index (χ4n) is 4.19. The van der Waals surface area contributed by atoms with E-state index in [1.165, 1.54) is 0 Å². The number of carboxylic acid groups (broad SMARTS) is 1. The Labute approximate surface area is 207 Å². The van der Waals surface area contributed by atoms with Gasteiger partial charge in [-0.3, -0.25) is 4.40 Å². The summed E-state index contributed by atoms with van der Waals surface area (Å²) in [5, 5.41) is 19.3. The molecule has 0 saturated heterocycles. The molecule has 0 atom stereocenters. The predicted molar refractivity (Wildman–Crippen MR) is 138 cm³/mol. The molecule has 0 aliphatic rings. The van der Waals surface area contributed by atoms with E-state index < -0.39 is 5.97 Å². The molecular weight excluding hydrogens is 454 g/mol. The number of aromatic nitrogens is 2. The predicted octanol–water partition coefficient (Wildman–Crippen LogP) is 5.91. The summed E-state index contributed by atoms with van der Waals surface area (Å²) in [7, 11) is 3.20. The Morgan fingerprint density at radius 3 is 2.31 bits per heavy atom. The van der Waals surface area contributed by atoms with Gasteiger partial charge in [0.2, 0.25) is 0 Å². The number of imidazole rings is 1. The molecule has 176 valence electrons. The molecule has 7 heteroatoms. The zero-order valence-corrected chi connectivity index (χ0v) is 19.6. The molecule has 0 saturated carbocycles. The van der Waals surface area contributed by atoms with Crippen molar-refractivity contribution in [3.05, 3.63) is 95.1 Å². The maximum Gasteiger partial charge on any atom is 0.335 e. The van der Waals surface area contributed by atoms with Crippen LogP contribution in [0.4, 0.5) is 0 Å². The molecule has 0 amide bonds. The molecule has 7 nitrogen and oxygen atoms in total. The van der Waals surface area contributed by atoms with Crippen molar-refractivity contribution < 1.29 is 19.4 Å². The summed E-state index contributed by atoms with van der Waals surface area (Å²) in [5.74, 6) is 0.302. The molecule has 5 aromatic rings. The molecule has 0 fully saturated rings. The fraction of sp³-hybridized carbons (Fsp3) is 0.0690. The highest BCUT2D eigenvalue weighted by atomic mass is 16.5. The summed E-state index contributed by atoms with van der Waals surface area (Å²) in [6, 6.07) is 24.2. The number of carbonyl (C=O) groups is 1. The molecule has 1 N–H and O–H groups in total. The van der Waals surface area contributed by atoms with Crippen LogP contribution in [0.3, 0.4) is 0 Å². The zero-order chi connectivity index (χ0) is 25.2. The second-order valence-corrected chi connectivity index (χ2v) is 8.09. The van der Waals surface area contributed by atoms with Gasteiger partial charge < -0.3 is 14.6 Å². The third-order valence-electron chi connectivity index (χ3n) is 5.98. The summed E-state index contributed by atoms with van der Waals surface area (Å²) in [6.45, 7) is 0. The topological polar surface area (TPSA) is 96.9 Å². The third-order valence-corrected chi connectivity index (χ3v) is 5.98. The van der Waals surface area contributed by atoms with Gasteiger partial charge in [-0.15, -0.1) is 0 Å². The lowest BCUT2D eigenvalue weighted by Gasteiger charge is -2.13. The number of nitrogens with zero attached hydrogens (tertiary/aromatic N) is 3. The normalized spacial score (nSPS) is 11.1. The average molecular weight is 476 g/mol. The van der Waals surface area contributed by atoms with Crippen molar-refractivity contribution in [1.29, 1.82) is 5.26 Å². The van der Waals surface area contributed by atoms with Gasteiger partial charge in [0.15, 0.2) is 5.65 Å². The highest BCUT2D eigenvalue weighted by molar-refractivity contribution is 5.90. The SMILES string of the molecule is COc1cc(OC)cc(-c2cc(C=Cc3ccc(C(=O)O)cc3)c(C#N)c3nc4ccccc4n23)c1. The Morgan fingerprint density at radius 1 is 0.972 bits per heavy atom. The number of benzene rings is 3. The Hall–Kier alpha value is -5.09.